The normalized spacial score (nSPS) is 10.7. The Morgan fingerprint density at radius 2 is 1.80 bits per heavy atom. The van der Waals surface area contributed by atoms with Crippen LogP contribution in [0.2, 0.25) is 10.0 Å². The molecule has 0 aliphatic rings. The van der Waals surface area contributed by atoms with Gasteiger partial charge in [-0.2, -0.15) is 0 Å². The van der Waals surface area contributed by atoms with Crippen LogP contribution in [0.15, 0.2) is 47.8 Å². The number of halogens is 2. The van der Waals surface area contributed by atoms with Crippen molar-refractivity contribution in [1.82, 2.24) is 4.98 Å². The van der Waals surface area contributed by atoms with E-state index in [1.807, 2.05) is 23.6 Å². The van der Waals surface area contributed by atoms with Gasteiger partial charge in [0.05, 0.1) is 21.3 Å². The van der Waals surface area contributed by atoms with Gasteiger partial charge >= 0.3 is 0 Å². The zero-order chi connectivity index (χ0) is 14.1. The lowest BCUT2D eigenvalue weighted by Gasteiger charge is -2.01. The average Bonchev–Trinajstić information content (AvgIpc) is 2.92. The number of nitrogens with zero attached hydrogens (tertiary/aromatic N) is 1. The number of rotatable bonds is 2. The lowest BCUT2D eigenvalue weighted by molar-refractivity contribution is 0.477. The molecule has 0 atom stereocenters. The van der Waals surface area contributed by atoms with E-state index in [1.165, 1.54) is 11.3 Å². The predicted octanol–water partition coefficient (Wildman–Crippen LogP) is 5.49. The standard InChI is InChI=1S/C15H9Cl2NOS/c16-11-6-5-9(7-12(11)17)13-8-20-15(18-13)10-3-1-2-4-14(10)19/h1-8,19H. The molecule has 0 aliphatic heterocycles. The molecule has 1 heterocycles. The van der Waals surface area contributed by atoms with E-state index >= 15 is 0 Å². The summed E-state index contributed by atoms with van der Waals surface area (Å²) >= 11 is 13.4. The summed E-state index contributed by atoms with van der Waals surface area (Å²) < 4.78 is 0. The van der Waals surface area contributed by atoms with Gasteiger partial charge in [0.2, 0.25) is 0 Å². The molecule has 1 aromatic heterocycles. The van der Waals surface area contributed by atoms with Crippen LogP contribution in [-0.2, 0) is 0 Å². The molecule has 0 amide bonds. The average molecular weight is 322 g/mol. The number of hydrogen-bond acceptors (Lipinski definition) is 3. The fourth-order valence-corrected chi connectivity index (χ4v) is 3.00. The number of benzene rings is 2. The Kier molecular flexibility index (Phi) is 3.66. The van der Waals surface area contributed by atoms with Gasteiger partial charge in [0.25, 0.3) is 0 Å². The smallest absolute Gasteiger partial charge is 0.127 e. The number of aromatic hydroxyl groups is 1. The first-order valence-corrected chi connectivity index (χ1v) is 7.48. The van der Waals surface area contributed by atoms with Crippen LogP contribution in [0.3, 0.4) is 0 Å². The molecule has 2 nitrogen and oxygen atoms in total. The van der Waals surface area contributed by atoms with Gasteiger partial charge < -0.3 is 5.11 Å². The van der Waals surface area contributed by atoms with Crippen LogP contribution in [0.4, 0.5) is 0 Å². The van der Waals surface area contributed by atoms with E-state index < -0.39 is 0 Å². The highest BCUT2D eigenvalue weighted by Crippen LogP contribution is 2.35. The first kappa shape index (κ1) is 13.4. The summed E-state index contributed by atoms with van der Waals surface area (Å²) in [6, 6.07) is 12.5. The van der Waals surface area contributed by atoms with E-state index in [2.05, 4.69) is 4.98 Å². The molecule has 100 valence electrons. The highest BCUT2D eigenvalue weighted by molar-refractivity contribution is 7.13. The molecule has 0 fully saturated rings. The molecule has 0 unspecified atom stereocenters. The predicted molar refractivity (Wildman–Crippen MR) is 84.7 cm³/mol. The Morgan fingerprint density at radius 1 is 1.00 bits per heavy atom. The number of aromatic nitrogens is 1. The van der Waals surface area contributed by atoms with Crippen LogP contribution < -0.4 is 0 Å². The van der Waals surface area contributed by atoms with Gasteiger partial charge in [0, 0.05) is 10.9 Å². The molecule has 0 saturated carbocycles. The van der Waals surface area contributed by atoms with Gasteiger partial charge in [-0.3, -0.25) is 0 Å². The van der Waals surface area contributed by atoms with Gasteiger partial charge in [-0.1, -0.05) is 41.4 Å². The van der Waals surface area contributed by atoms with Crippen LogP contribution in [-0.4, -0.2) is 10.1 Å². The van der Waals surface area contributed by atoms with Crippen molar-refractivity contribution < 1.29 is 5.11 Å². The molecule has 2 aromatic carbocycles. The minimum Gasteiger partial charge on any atom is -0.507 e. The van der Waals surface area contributed by atoms with Crippen LogP contribution in [0, 0.1) is 0 Å². The maximum atomic E-state index is 9.85. The Morgan fingerprint density at radius 3 is 2.55 bits per heavy atom. The minimum atomic E-state index is 0.225. The van der Waals surface area contributed by atoms with Gasteiger partial charge in [0.1, 0.15) is 10.8 Å². The van der Waals surface area contributed by atoms with Crippen molar-refractivity contribution in [2.24, 2.45) is 0 Å². The first-order valence-electron chi connectivity index (χ1n) is 5.84. The molecule has 0 radical (unpaired) electrons. The van der Waals surface area contributed by atoms with E-state index in [9.17, 15) is 5.11 Å². The van der Waals surface area contributed by atoms with Crippen LogP contribution >= 0.6 is 34.5 Å². The van der Waals surface area contributed by atoms with Crippen molar-refractivity contribution >= 4 is 34.5 Å². The third kappa shape index (κ3) is 2.52. The molecule has 0 saturated heterocycles. The Bertz CT molecular complexity index is 770. The topological polar surface area (TPSA) is 33.1 Å². The number of hydrogen-bond donors (Lipinski definition) is 1. The molecule has 5 heteroatoms. The van der Waals surface area contributed by atoms with Crippen molar-refractivity contribution in [2.75, 3.05) is 0 Å². The molecule has 3 rings (SSSR count). The fraction of sp³-hybridized carbons (Fsp3) is 0. The number of para-hydroxylation sites is 1. The highest BCUT2D eigenvalue weighted by Gasteiger charge is 2.10. The van der Waals surface area contributed by atoms with Crippen LogP contribution in [0.1, 0.15) is 0 Å². The summed E-state index contributed by atoms with van der Waals surface area (Å²) in [5, 5.41) is 13.6. The van der Waals surface area contributed by atoms with Gasteiger partial charge in [0.15, 0.2) is 0 Å². The maximum absolute atomic E-state index is 9.85. The van der Waals surface area contributed by atoms with Crippen LogP contribution in [0.5, 0.6) is 5.75 Å². The SMILES string of the molecule is Oc1ccccc1-c1nc(-c2ccc(Cl)c(Cl)c2)cs1. The van der Waals surface area contributed by atoms with E-state index in [-0.39, 0.29) is 5.75 Å². The Balaban J connectivity index is 2.02. The third-order valence-electron chi connectivity index (χ3n) is 2.85. The molecule has 0 bridgehead atoms. The van der Waals surface area contributed by atoms with Gasteiger partial charge in [-0.25, -0.2) is 4.98 Å². The highest BCUT2D eigenvalue weighted by atomic mass is 35.5. The van der Waals surface area contributed by atoms with E-state index in [0.717, 1.165) is 21.8 Å². The molecule has 3 aromatic rings. The lowest BCUT2D eigenvalue weighted by atomic mass is 10.2. The van der Waals surface area contributed by atoms with Crippen LogP contribution in [0.25, 0.3) is 21.8 Å². The van der Waals surface area contributed by atoms with Crippen molar-refractivity contribution in [3.63, 3.8) is 0 Å². The van der Waals surface area contributed by atoms with E-state index in [0.29, 0.717) is 10.0 Å². The second-order valence-electron chi connectivity index (χ2n) is 4.18. The van der Waals surface area contributed by atoms with E-state index in [1.54, 1.807) is 24.3 Å². The molecular formula is C15H9Cl2NOS. The molecular weight excluding hydrogens is 313 g/mol. The van der Waals surface area contributed by atoms with E-state index in [4.69, 9.17) is 23.2 Å². The summed E-state index contributed by atoms with van der Waals surface area (Å²) in [7, 11) is 0. The van der Waals surface area contributed by atoms with Crippen molar-refractivity contribution in [1.29, 1.82) is 0 Å². The van der Waals surface area contributed by atoms with Gasteiger partial charge in [-0.05, 0) is 24.3 Å². The molecule has 1 N–H and O–H groups in total. The maximum Gasteiger partial charge on any atom is 0.127 e. The monoisotopic (exact) mass is 321 g/mol. The number of phenolic OH excluding ortho intramolecular Hbond substituents is 1. The second kappa shape index (κ2) is 5.44. The fourth-order valence-electron chi connectivity index (χ4n) is 1.84. The minimum absolute atomic E-state index is 0.225. The van der Waals surface area contributed by atoms with Gasteiger partial charge in [-0.15, -0.1) is 11.3 Å². The third-order valence-corrected chi connectivity index (χ3v) is 4.47. The Labute approximate surface area is 130 Å². The summed E-state index contributed by atoms with van der Waals surface area (Å²) in [6.45, 7) is 0. The number of thiazole rings is 1. The zero-order valence-corrected chi connectivity index (χ0v) is 12.5. The van der Waals surface area contributed by atoms with Crippen molar-refractivity contribution in [3.8, 4) is 27.6 Å². The largest absolute Gasteiger partial charge is 0.507 e. The summed E-state index contributed by atoms with van der Waals surface area (Å²) in [6.07, 6.45) is 0. The van der Waals surface area contributed by atoms with Crippen molar-refractivity contribution in [3.05, 3.63) is 57.9 Å². The quantitative estimate of drug-likeness (QED) is 0.677. The molecule has 0 spiro atoms. The second-order valence-corrected chi connectivity index (χ2v) is 5.86. The summed E-state index contributed by atoms with van der Waals surface area (Å²) in [4.78, 5) is 4.54. The summed E-state index contributed by atoms with van der Waals surface area (Å²) in [5.74, 6) is 0.225. The zero-order valence-electron chi connectivity index (χ0n) is 10.2. The first-order chi connectivity index (χ1) is 9.65. The lowest BCUT2D eigenvalue weighted by Crippen LogP contribution is -1.81. The Hall–Kier alpha value is -1.55. The molecule has 0 aliphatic carbocycles. The molecule has 20 heavy (non-hydrogen) atoms. The number of phenols is 1. The van der Waals surface area contributed by atoms with Crippen molar-refractivity contribution in [2.45, 2.75) is 0 Å². The summed E-state index contributed by atoms with van der Waals surface area (Å²) in [5.41, 5.74) is 2.44.